The van der Waals surface area contributed by atoms with E-state index in [4.69, 9.17) is 16.3 Å². The number of amides is 1. The van der Waals surface area contributed by atoms with E-state index in [-0.39, 0.29) is 29.0 Å². The molecule has 0 unspecified atom stereocenters. The molecule has 1 amide bonds. The van der Waals surface area contributed by atoms with Crippen molar-refractivity contribution in [2.75, 3.05) is 13.2 Å². The Morgan fingerprint density at radius 3 is 2.84 bits per heavy atom. The van der Waals surface area contributed by atoms with Crippen LogP contribution in [0.25, 0.3) is 0 Å². The third kappa shape index (κ3) is 4.10. The monoisotopic (exact) mass is 284 g/mol. The molecule has 1 aliphatic rings. The molecule has 2 rings (SSSR count). The first-order valence-corrected chi connectivity index (χ1v) is 6.27. The van der Waals surface area contributed by atoms with Crippen LogP contribution in [0.4, 0.5) is 5.69 Å². The van der Waals surface area contributed by atoms with Crippen molar-refractivity contribution < 1.29 is 14.5 Å². The number of nitro benzene ring substituents is 1. The Morgan fingerprint density at radius 2 is 2.26 bits per heavy atom. The Hall–Kier alpha value is -1.82. The SMILES string of the molecule is O=C(COc1ccc([N+](=O)[O-])cc1Cl)NCC1CC1. The fourth-order valence-corrected chi connectivity index (χ4v) is 1.72. The van der Waals surface area contributed by atoms with Crippen molar-refractivity contribution in [2.45, 2.75) is 12.8 Å². The second kappa shape index (κ2) is 5.88. The number of nitro groups is 1. The molecule has 0 bridgehead atoms. The predicted molar refractivity (Wildman–Crippen MR) is 69.3 cm³/mol. The number of hydrogen-bond acceptors (Lipinski definition) is 4. The Balaban J connectivity index is 1.84. The standard InChI is InChI=1S/C12H13ClN2O4/c13-10-5-9(15(17)18)3-4-11(10)19-7-12(16)14-6-8-1-2-8/h3-5,8H,1-2,6-7H2,(H,14,16). The van der Waals surface area contributed by atoms with Crippen LogP contribution in [-0.4, -0.2) is 24.0 Å². The van der Waals surface area contributed by atoms with Gasteiger partial charge in [0.1, 0.15) is 5.75 Å². The topological polar surface area (TPSA) is 81.5 Å². The van der Waals surface area contributed by atoms with Crippen LogP contribution < -0.4 is 10.1 Å². The minimum absolute atomic E-state index is 0.115. The summed E-state index contributed by atoms with van der Waals surface area (Å²) in [7, 11) is 0. The Kier molecular flexibility index (Phi) is 4.21. The number of carbonyl (C=O) groups excluding carboxylic acids is 1. The summed E-state index contributed by atoms with van der Waals surface area (Å²) in [4.78, 5) is 21.4. The number of nitrogens with zero attached hydrogens (tertiary/aromatic N) is 1. The van der Waals surface area contributed by atoms with Crippen molar-refractivity contribution in [2.24, 2.45) is 5.92 Å². The first kappa shape index (κ1) is 13.6. The number of rotatable bonds is 6. The second-order valence-corrected chi connectivity index (χ2v) is 4.82. The maximum atomic E-state index is 11.4. The Bertz CT molecular complexity index is 503. The Morgan fingerprint density at radius 1 is 1.53 bits per heavy atom. The summed E-state index contributed by atoms with van der Waals surface area (Å²) in [6, 6.07) is 3.86. The van der Waals surface area contributed by atoms with E-state index in [0.29, 0.717) is 12.5 Å². The van der Waals surface area contributed by atoms with Gasteiger partial charge in [0.05, 0.1) is 9.95 Å². The number of ether oxygens (including phenoxy) is 1. The zero-order chi connectivity index (χ0) is 13.8. The summed E-state index contributed by atoms with van der Waals surface area (Å²) >= 11 is 5.83. The summed E-state index contributed by atoms with van der Waals surface area (Å²) in [5.74, 6) is 0.641. The van der Waals surface area contributed by atoms with Crippen LogP contribution in [-0.2, 0) is 4.79 Å². The van der Waals surface area contributed by atoms with E-state index in [1.807, 2.05) is 0 Å². The highest BCUT2D eigenvalue weighted by molar-refractivity contribution is 6.32. The summed E-state index contributed by atoms with van der Waals surface area (Å²) in [5.41, 5.74) is -0.115. The molecular formula is C12H13ClN2O4. The normalized spacial score (nSPS) is 13.9. The van der Waals surface area contributed by atoms with Crippen LogP contribution in [0.1, 0.15) is 12.8 Å². The average Bonchev–Trinajstić information content (AvgIpc) is 3.18. The minimum Gasteiger partial charge on any atom is -0.482 e. The molecule has 1 N–H and O–H groups in total. The quantitative estimate of drug-likeness (QED) is 0.641. The molecule has 1 aliphatic carbocycles. The summed E-state index contributed by atoms with van der Waals surface area (Å²) < 4.78 is 5.22. The maximum absolute atomic E-state index is 11.4. The average molecular weight is 285 g/mol. The molecule has 0 aliphatic heterocycles. The third-order valence-electron chi connectivity index (χ3n) is 2.77. The van der Waals surface area contributed by atoms with Crippen molar-refractivity contribution in [3.63, 3.8) is 0 Å². The van der Waals surface area contributed by atoms with Gasteiger partial charge >= 0.3 is 0 Å². The molecule has 7 heteroatoms. The van der Waals surface area contributed by atoms with Crippen molar-refractivity contribution in [1.29, 1.82) is 0 Å². The van der Waals surface area contributed by atoms with Crippen LogP contribution in [0.5, 0.6) is 5.75 Å². The van der Waals surface area contributed by atoms with Crippen molar-refractivity contribution >= 4 is 23.2 Å². The number of nitrogens with one attached hydrogen (secondary N) is 1. The fourth-order valence-electron chi connectivity index (χ4n) is 1.49. The molecule has 0 spiro atoms. The zero-order valence-electron chi connectivity index (χ0n) is 10.1. The van der Waals surface area contributed by atoms with Crippen LogP contribution in [0, 0.1) is 16.0 Å². The highest BCUT2D eigenvalue weighted by Crippen LogP contribution is 2.29. The van der Waals surface area contributed by atoms with Crippen LogP contribution in [0.2, 0.25) is 5.02 Å². The lowest BCUT2D eigenvalue weighted by atomic mass is 10.3. The summed E-state index contributed by atoms with van der Waals surface area (Å²) in [5, 5.41) is 13.4. The van der Waals surface area contributed by atoms with E-state index in [9.17, 15) is 14.9 Å². The molecule has 1 saturated carbocycles. The number of halogens is 1. The molecule has 1 fully saturated rings. The van der Waals surface area contributed by atoms with Gasteiger partial charge in [0.2, 0.25) is 0 Å². The van der Waals surface area contributed by atoms with Gasteiger partial charge in [-0.25, -0.2) is 0 Å². The van der Waals surface area contributed by atoms with Gasteiger partial charge in [-0.05, 0) is 24.8 Å². The van der Waals surface area contributed by atoms with Crippen LogP contribution >= 0.6 is 11.6 Å². The smallest absolute Gasteiger partial charge is 0.271 e. The fraction of sp³-hybridized carbons (Fsp3) is 0.417. The van der Waals surface area contributed by atoms with Gasteiger partial charge in [0.15, 0.2) is 6.61 Å². The molecule has 102 valence electrons. The highest BCUT2D eigenvalue weighted by Gasteiger charge is 2.21. The molecule has 0 aromatic heterocycles. The van der Waals surface area contributed by atoms with E-state index in [1.54, 1.807) is 0 Å². The van der Waals surface area contributed by atoms with Gasteiger partial charge < -0.3 is 10.1 Å². The highest BCUT2D eigenvalue weighted by atomic mass is 35.5. The van der Waals surface area contributed by atoms with Crippen LogP contribution in [0.15, 0.2) is 18.2 Å². The first-order chi connectivity index (χ1) is 9.06. The molecular weight excluding hydrogens is 272 g/mol. The van der Waals surface area contributed by atoms with Gasteiger partial charge in [-0.3, -0.25) is 14.9 Å². The predicted octanol–water partition coefficient (Wildman–Crippen LogP) is 2.15. The van der Waals surface area contributed by atoms with E-state index in [0.717, 1.165) is 12.8 Å². The molecule has 0 atom stereocenters. The Labute approximate surface area is 114 Å². The minimum atomic E-state index is -0.544. The van der Waals surface area contributed by atoms with Crippen molar-refractivity contribution in [3.05, 3.63) is 33.3 Å². The lowest BCUT2D eigenvalue weighted by Gasteiger charge is -2.08. The van der Waals surface area contributed by atoms with E-state index in [1.165, 1.54) is 18.2 Å². The van der Waals surface area contributed by atoms with Gasteiger partial charge in [-0.15, -0.1) is 0 Å². The maximum Gasteiger partial charge on any atom is 0.271 e. The van der Waals surface area contributed by atoms with Crippen molar-refractivity contribution in [1.82, 2.24) is 5.32 Å². The lowest BCUT2D eigenvalue weighted by molar-refractivity contribution is -0.384. The van der Waals surface area contributed by atoms with Crippen molar-refractivity contribution in [3.8, 4) is 5.75 Å². The largest absolute Gasteiger partial charge is 0.482 e. The van der Waals surface area contributed by atoms with E-state index in [2.05, 4.69) is 5.32 Å². The number of carbonyl (C=O) groups is 1. The molecule has 0 heterocycles. The van der Waals surface area contributed by atoms with Gasteiger partial charge in [-0.1, -0.05) is 11.6 Å². The zero-order valence-corrected chi connectivity index (χ0v) is 10.9. The lowest BCUT2D eigenvalue weighted by Crippen LogP contribution is -2.30. The molecule has 0 radical (unpaired) electrons. The molecule has 0 saturated heterocycles. The van der Waals surface area contributed by atoms with Gasteiger partial charge in [0.25, 0.3) is 11.6 Å². The molecule has 1 aromatic rings. The first-order valence-electron chi connectivity index (χ1n) is 5.89. The second-order valence-electron chi connectivity index (χ2n) is 4.41. The molecule has 19 heavy (non-hydrogen) atoms. The molecule has 1 aromatic carbocycles. The van der Waals surface area contributed by atoms with Gasteiger partial charge in [0, 0.05) is 18.7 Å². The van der Waals surface area contributed by atoms with E-state index >= 15 is 0 Å². The van der Waals surface area contributed by atoms with E-state index < -0.39 is 4.92 Å². The molecule has 6 nitrogen and oxygen atoms in total. The third-order valence-corrected chi connectivity index (χ3v) is 3.07. The summed E-state index contributed by atoms with van der Waals surface area (Å²) in [6.45, 7) is 0.528. The number of hydrogen-bond donors (Lipinski definition) is 1. The summed E-state index contributed by atoms with van der Waals surface area (Å²) in [6.07, 6.45) is 2.32. The number of benzene rings is 1. The van der Waals surface area contributed by atoms with Gasteiger partial charge in [-0.2, -0.15) is 0 Å². The number of non-ortho nitro benzene ring substituents is 1. The van der Waals surface area contributed by atoms with Crippen LogP contribution in [0.3, 0.4) is 0 Å².